The Morgan fingerprint density at radius 2 is 2.27 bits per heavy atom. The number of hydrogen-bond acceptors (Lipinski definition) is 4. The molecule has 0 radical (unpaired) electrons. The molecule has 2 aromatic rings. The van der Waals surface area contributed by atoms with E-state index in [0.29, 0.717) is 11.6 Å². The summed E-state index contributed by atoms with van der Waals surface area (Å²) in [5.74, 6) is 1.42. The van der Waals surface area contributed by atoms with Crippen LogP contribution in [-0.2, 0) is 13.0 Å². The van der Waals surface area contributed by atoms with Crippen molar-refractivity contribution in [1.82, 2.24) is 30.0 Å². The Balaban J connectivity index is 1.48. The van der Waals surface area contributed by atoms with Gasteiger partial charge >= 0.3 is 0 Å². The molecule has 0 aliphatic carbocycles. The van der Waals surface area contributed by atoms with Crippen molar-refractivity contribution < 1.29 is 4.79 Å². The van der Waals surface area contributed by atoms with Crippen LogP contribution in [0.5, 0.6) is 0 Å². The number of rotatable bonds is 2. The third kappa shape index (κ3) is 2.41. The van der Waals surface area contributed by atoms with Crippen LogP contribution < -0.4 is 5.32 Å². The van der Waals surface area contributed by atoms with Crippen LogP contribution in [0.2, 0.25) is 0 Å². The fourth-order valence-electron chi connectivity index (χ4n) is 3.33. The lowest BCUT2D eigenvalue weighted by Gasteiger charge is -2.14. The van der Waals surface area contributed by atoms with Crippen molar-refractivity contribution in [3.8, 4) is 0 Å². The smallest absolute Gasteiger partial charge is 0.274 e. The highest BCUT2D eigenvalue weighted by Gasteiger charge is 2.30. The second kappa shape index (κ2) is 5.57. The Morgan fingerprint density at radius 1 is 1.32 bits per heavy atom. The first kappa shape index (κ1) is 13.5. The number of H-pyrrole nitrogens is 1. The molecule has 1 amide bonds. The maximum Gasteiger partial charge on any atom is 0.274 e. The average Bonchev–Trinajstić information content (AvgIpc) is 3.24. The van der Waals surface area contributed by atoms with Crippen LogP contribution in [0.3, 0.4) is 0 Å². The van der Waals surface area contributed by atoms with Gasteiger partial charge in [0.05, 0.1) is 0 Å². The second-order valence-electron chi connectivity index (χ2n) is 5.98. The highest BCUT2D eigenvalue weighted by atomic mass is 16.2. The monoisotopic (exact) mass is 300 g/mol. The first-order valence-corrected chi connectivity index (χ1v) is 7.86. The largest absolute Gasteiger partial charge is 0.337 e. The van der Waals surface area contributed by atoms with Gasteiger partial charge in [-0.25, -0.2) is 4.98 Å². The summed E-state index contributed by atoms with van der Waals surface area (Å²) in [7, 11) is 0. The zero-order valence-corrected chi connectivity index (χ0v) is 12.5. The minimum atomic E-state index is 0.0514. The molecule has 0 bridgehead atoms. The molecule has 2 aliphatic heterocycles. The van der Waals surface area contributed by atoms with E-state index in [1.165, 1.54) is 0 Å². The minimum absolute atomic E-state index is 0.0514. The lowest BCUT2D eigenvalue weighted by atomic mass is 10.1. The topological polar surface area (TPSA) is 78.8 Å². The number of nitrogens with one attached hydrogen (secondary N) is 2. The molecule has 2 aromatic heterocycles. The molecule has 1 saturated heterocycles. The van der Waals surface area contributed by atoms with Gasteiger partial charge in [0, 0.05) is 63.2 Å². The minimum Gasteiger partial charge on any atom is -0.337 e. The molecule has 22 heavy (non-hydrogen) atoms. The van der Waals surface area contributed by atoms with Crippen LogP contribution in [-0.4, -0.2) is 56.7 Å². The van der Waals surface area contributed by atoms with Crippen LogP contribution in [0.1, 0.15) is 34.3 Å². The fourth-order valence-corrected chi connectivity index (χ4v) is 3.33. The molecular formula is C15H20N6O. The molecular weight excluding hydrogens is 280 g/mol. The van der Waals surface area contributed by atoms with Gasteiger partial charge < -0.3 is 14.8 Å². The summed E-state index contributed by atoms with van der Waals surface area (Å²) in [5.41, 5.74) is 1.70. The third-order valence-electron chi connectivity index (χ3n) is 4.57. The van der Waals surface area contributed by atoms with E-state index in [0.717, 1.165) is 57.1 Å². The number of hydrogen-bond donors (Lipinski definition) is 2. The van der Waals surface area contributed by atoms with E-state index in [-0.39, 0.29) is 5.91 Å². The molecule has 4 heterocycles. The molecule has 0 saturated carbocycles. The number of amides is 1. The summed E-state index contributed by atoms with van der Waals surface area (Å²) in [5, 5.41) is 10.3. The van der Waals surface area contributed by atoms with Crippen molar-refractivity contribution in [2.75, 3.05) is 26.2 Å². The molecule has 2 N–H and O–H groups in total. The van der Waals surface area contributed by atoms with Gasteiger partial charge in [0.15, 0.2) is 0 Å². The fraction of sp³-hybridized carbons (Fsp3) is 0.533. The molecule has 1 atom stereocenters. The molecule has 0 aromatic carbocycles. The number of imidazole rings is 1. The molecule has 7 heteroatoms. The molecule has 2 aliphatic rings. The molecule has 1 unspecified atom stereocenters. The van der Waals surface area contributed by atoms with Gasteiger partial charge in [-0.15, -0.1) is 0 Å². The first-order valence-electron chi connectivity index (χ1n) is 7.86. The summed E-state index contributed by atoms with van der Waals surface area (Å²) in [6.07, 6.45) is 5.53. The quantitative estimate of drug-likeness (QED) is 0.840. The van der Waals surface area contributed by atoms with Crippen LogP contribution in [0.15, 0.2) is 18.5 Å². The summed E-state index contributed by atoms with van der Waals surface area (Å²) in [4.78, 5) is 19.1. The average molecular weight is 300 g/mol. The van der Waals surface area contributed by atoms with E-state index in [1.807, 2.05) is 17.2 Å². The Labute approximate surface area is 128 Å². The molecule has 0 spiro atoms. The van der Waals surface area contributed by atoms with E-state index in [1.54, 1.807) is 6.20 Å². The highest BCUT2D eigenvalue weighted by molar-refractivity contribution is 5.92. The van der Waals surface area contributed by atoms with Crippen LogP contribution in [0, 0.1) is 0 Å². The Hall–Kier alpha value is -2.15. The van der Waals surface area contributed by atoms with Gasteiger partial charge in [-0.3, -0.25) is 9.89 Å². The van der Waals surface area contributed by atoms with Gasteiger partial charge in [0.25, 0.3) is 5.91 Å². The zero-order chi connectivity index (χ0) is 14.9. The van der Waals surface area contributed by atoms with E-state index < -0.39 is 0 Å². The van der Waals surface area contributed by atoms with Gasteiger partial charge in [0.1, 0.15) is 11.5 Å². The van der Waals surface area contributed by atoms with E-state index in [2.05, 4.69) is 25.1 Å². The summed E-state index contributed by atoms with van der Waals surface area (Å²) in [6.45, 7) is 4.27. The number of nitrogens with zero attached hydrogens (tertiary/aromatic N) is 4. The molecule has 116 valence electrons. The van der Waals surface area contributed by atoms with Gasteiger partial charge in [-0.2, -0.15) is 5.10 Å². The Kier molecular flexibility index (Phi) is 3.42. The van der Waals surface area contributed by atoms with Crippen LogP contribution in [0.4, 0.5) is 0 Å². The van der Waals surface area contributed by atoms with Crippen molar-refractivity contribution in [1.29, 1.82) is 0 Å². The van der Waals surface area contributed by atoms with Crippen molar-refractivity contribution in [2.24, 2.45) is 0 Å². The van der Waals surface area contributed by atoms with Gasteiger partial charge in [0.2, 0.25) is 0 Å². The van der Waals surface area contributed by atoms with Crippen molar-refractivity contribution in [3.63, 3.8) is 0 Å². The standard InChI is InChI=1S/C15H20N6O/c22-15(13-10-20-8-6-16-4-2-14(20)18-13)21-7-3-11(9-21)12-1-5-17-19-12/h1,5,10-11,16H,2-4,6-9H2,(H,17,19). The summed E-state index contributed by atoms with van der Waals surface area (Å²) < 4.78 is 2.11. The number of carbonyl (C=O) groups excluding carboxylic acids is 1. The number of fused-ring (bicyclic) bond motifs is 1. The van der Waals surface area contributed by atoms with Crippen LogP contribution in [0.25, 0.3) is 0 Å². The SMILES string of the molecule is O=C(c1cn2c(n1)CCNCC2)N1CCC(c2ccn[nH]2)C1. The number of aromatic nitrogens is 4. The number of aromatic amines is 1. The van der Waals surface area contributed by atoms with E-state index >= 15 is 0 Å². The number of likely N-dealkylation sites (tertiary alicyclic amines) is 1. The maximum atomic E-state index is 12.7. The third-order valence-corrected chi connectivity index (χ3v) is 4.57. The van der Waals surface area contributed by atoms with E-state index in [4.69, 9.17) is 0 Å². The first-order chi connectivity index (χ1) is 10.8. The number of carbonyl (C=O) groups is 1. The predicted octanol–water partition coefficient (Wildman–Crippen LogP) is 0.382. The van der Waals surface area contributed by atoms with Gasteiger partial charge in [-0.05, 0) is 12.5 Å². The second-order valence-corrected chi connectivity index (χ2v) is 5.98. The predicted molar refractivity (Wildman–Crippen MR) is 80.6 cm³/mol. The Bertz CT molecular complexity index is 638. The van der Waals surface area contributed by atoms with E-state index in [9.17, 15) is 4.79 Å². The summed E-state index contributed by atoms with van der Waals surface area (Å²) >= 11 is 0. The van der Waals surface area contributed by atoms with Gasteiger partial charge in [-0.1, -0.05) is 0 Å². The lowest BCUT2D eigenvalue weighted by molar-refractivity contribution is 0.0785. The molecule has 4 rings (SSSR count). The highest BCUT2D eigenvalue weighted by Crippen LogP contribution is 2.26. The zero-order valence-electron chi connectivity index (χ0n) is 12.5. The normalized spacial score (nSPS) is 21.6. The Morgan fingerprint density at radius 3 is 3.14 bits per heavy atom. The van der Waals surface area contributed by atoms with Crippen molar-refractivity contribution in [3.05, 3.63) is 35.7 Å². The van der Waals surface area contributed by atoms with Crippen molar-refractivity contribution in [2.45, 2.75) is 25.3 Å². The summed E-state index contributed by atoms with van der Waals surface area (Å²) in [6, 6.07) is 1.99. The molecule has 7 nitrogen and oxygen atoms in total. The van der Waals surface area contributed by atoms with Crippen molar-refractivity contribution >= 4 is 5.91 Å². The lowest BCUT2D eigenvalue weighted by Crippen LogP contribution is -2.29. The molecule has 1 fully saturated rings. The maximum absolute atomic E-state index is 12.7. The van der Waals surface area contributed by atoms with Crippen LogP contribution >= 0.6 is 0 Å².